The quantitative estimate of drug-likeness (QED) is 0.203. The van der Waals surface area contributed by atoms with E-state index >= 15 is 0 Å². The van der Waals surface area contributed by atoms with E-state index in [2.05, 4.69) is 46.4 Å². The maximum atomic E-state index is 14.2. The van der Waals surface area contributed by atoms with Crippen LogP contribution >= 0.6 is 0 Å². The molecule has 0 bridgehead atoms. The van der Waals surface area contributed by atoms with Gasteiger partial charge in [0.1, 0.15) is 11.7 Å². The first-order valence-electron chi connectivity index (χ1n) is 15.0. The van der Waals surface area contributed by atoms with Crippen LogP contribution in [0.1, 0.15) is 62.8 Å². The molecular weight excluding hydrogens is 571 g/mol. The van der Waals surface area contributed by atoms with Crippen molar-refractivity contribution in [1.29, 1.82) is 0 Å². The summed E-state index contributed by atoms with van der Waals surface area (Å²) >= 11 is 0. The number of allylic oxidation sites excluding steroid dienone is 1. The van der Waals surface area contributed by atoms with Crippen molar-refractivity contribution >= 4 is 23.7 Å². The third kappa shape index (κ3) is 9.05. The number of hydrogen-bond donors (Lipinski definition) is 0. The average molecular weight is 613 g/mol. The molecule has 2 heterocycles. The van der Waals surface area contributed by atoms with Gasteiger partial charge in [0.05, 0.1) is 32.5 Å². The van der Waals surface area contributed by atoms with Crippen molar-refractivity contribution in [2.45, 2.75) is 47.0 Å². The van der Waals surface area contributed by atoms with Gasteiger partial charge in [0, 0.05) is 35.1 Å². The number of carbonyl (C=O) groups is 2. The van der Waals surface area contributed by atoms with Gasteiger partial charge in [0.25, 0.3) is 0 Å². The molecule has 0 fully saturated rings. The molecule has 3 aromatic rings. The summed E-state index contributed by atoms with van der Waals surface area (Å²) in [5.41, 5.74) is 5.64. The molecule has 4 rings (SSSR count). The second kappa shape index (κ2) is 15.0. The predicted octanol–water partition coefficient (Wildman–Crippen LogP) is 7.12. The van der Waals surface area contributed by atoms with E-state index in [4.69, 9.17) is 14.2 Å². The van der Waals surface area contributed by atoms with Gasteiger partial charge in [-0.15, -0.1) is 0 Å². The number of aliphatic imine (C=N–C) groups is 1. The van der Waals surface area contributed by atoms with Crippen molar-refractivity contribution in [3.05, 3.63) is 118 Å². The highest BCUT2D eigenvalue weighted by atomic mass is 19.1. The number of methoxy groups -OCH3 is 1. The van der Waals surface area contributed by atoms with Crippen molar-refractivity contribution in [1.82, 2.24) is 4.98 Å². The van der Waals surface area contributed by atoms with Crippen LogP contribution in [0.4, 0.5) is 4.39 Å². The number of carbonyl (C=O) groups excluding carboxylic acids is 2. The van der Waals surface area contributed by atoms with E-state index in [1.807, 2.05) is 33.0 Å². The lowest BCUT2D eigenvalue weighted by Crippen LogP contribution is -2.37. The highest BCUT2D eigenvalue weighted by Gasteiger charge is 2.42. The Morgan fingerprint density at radius 3 is 2.42 bits per heavy atom. The highest BCUT2D eigenvalue weighted by molar-refractivity contribution is 6.07. The van der Waals surface area contributed by atoms with Gasteiger partial charge >= 0.3 is 11.9 Å². The molecule has 0 amide bonds. The fourth-order valence-electron chi connectivity index (χ4n) is 5.46. The van der Waals surface area contributed by atoms with Crippen LogP contribution in [0.5, 0.6) is 0 Å². The lowest BCUT2D eigenvalue weighted by atomic mass is 9.75. The molecule has 0 radical (unpaired) electrons. The fourth-order valence-corrected chi connectivity index (χ4v) is 5.46. The van der Waals surface area contributed by atoms with Crippen LogP contribution in [0.3, 0.4) is 0 Å². The normalized spacial score (nSPS) is 17.1. The van der Waals surface area contributed by atoms with Crippen molar-refractivity contribution < 1.29 is 28.2 Å². The Labute approximate surface area is 264 Å². The van der Waals surface area contributed by atoms with Gasteiger partial charge in [-0.05, 0) is 73.2 Å². The average Bonchev–Trinajstić information content (AvgIpc) is 3.00. The largest absolute Gasteiger partial charge is 0.468 e. The van der Waals surface area contributed by atoms with Gasteiger partial charge in [-0.25, -0.2) is 9.18 Å². The van der Waals surface area contributed by atoms with Crippen molar-refractivity contribution in [2.75, 3.05) is 26.9 Å². The summed E-state index contributed by atoms with van der Waals surface area (Å²) in [6.07, 6.45) is 6.58. The van der Waals surface area contributed by atoms with Crippen LogP contribution in [-0.2, 0) is 30.2 Å². The van der Waals surface area contributed by atoms with Crippen LogP contribution in [-0.4, -0.2) is 49.6 Å². The van der Waals surface area contributed by atoms with Crippen molar-refractivity contribution in [3.8, 4) is 0 Å². The Morgan fingerprint density at radius 2 is 1.76 bits per heavy atom. The topological polar surface area (TPSA) is 87.1 Å². The lowest BCUT2D eigenvalue weighted by molar-refractivity contribution is -0.145. The molecule has 0 saturated carbocycles. The number of pyridine rings is 1. The first-order chi connectivity index (χ1) is 21.5. The van der Waals surface area contributed by atoms with Gasteiger partial charge in [0.2, 0.25) is 0 Å². The molecule has 2 unspecified atom stereocenters. The van der Waals surface area contributed by atoms with Crippen LogP contribution < -0.4 is 0 Å². The van der Waals surface area contributed by atoms with E-state index < -0.39 is 35.0 Å². The van der Waals surface area contributed by atoms with E-state index in [9.17, 15) is 14.0 Å². The van der Waals surface area contributed by atoms with Gasteiger partial charge in [-0.3, -0.25) is 14.8 Å². The molecule has 0 N–H and O–H groups in total. The lowest BCUT2D eigenvalue weighted by Gasteiger charge is -2.32. The van der Waals surface area contributed by atoms with Crippen LogP contribution in [0.15, 0.2) is 94.9 Å². The Balaban J connectivity index is 1.36. The fraction of sp³-hybridized carbons (Fsp3) is 0.351. The molecule has 7 nitrogen and oxygen atoms in total. The number of rotatable bonds is 12. The molecular formula is C37H41FN2O5. The minimum atomic E-state index is -0.883. The zero-order valence-electron chi connectivity index (χ0n) is 26.8. The second-order valence-corrected chi connectivity index (χ2v) is 12.3. The Hall–Kier alpha value is -4.43. The first-order valence-corrected chi connectivity index (χ1v) is 15.0. The number of halogens is 1. The molecule has 0 aliphatic carbocycles. The molecule has 45 heavy (non-hydrogen) atoms. The smallest absolute Gasteiger partial charge is 0.336 e. The summed E-state index contributed by atoms with van der Waals surface area (Å²) < 4.78 is 31.1. The molecule has 236 valence electrons. The molecule has 2 atom stereocenters. The Bertz CT molecular complexity index is 1590. The standard InChI is InChI=1S/C37H41FN2O5/c1-24(17-27-12-14-28(15-13-27)18-29-9-8-16-39-20-29)21-44-22-37(4,5)23-45-36(42)33-26(3)40-25(2)32(35(41)43-6)34(33)30-10-7-11-31(38)19-30/h7-17,19-20,32,34H,18,21-23H2,1-6H3. The minimum absolute atomic E-state index is 0.0746. The predicted molar refractivity (Wildman–Crippen MR) is 173 cm³/mol. The van der Waals surface area contributed by atoms with Crippen molar-refractivity contribution in [2.24, 2.45) is 16.3 Å². The van der Waals surface area contributed by atoms with E-state index in [0.717, 1.165) is 17.6 Å². The van der Waals surface area contributed by atoms with Gasteiger partial charge < -0.3 is 14.2 Å². The number of hydrogen-bond acceptors (Lipinski definition) is 7. The van der Waals surface area contributed by atoms with E-state index in [1.165, 1.54) is 30.4 Å². The molecule has 0 spiro atoms. The third-order valence-electron chi connectivity index (χ3n) is 7.65. The zero-order valence-corrected chi connectivity index (χ0v) is 26.8. The number of aromatic nitrogens is 1. The third-order valence-corrected chi connectivity index (χ3v) is 7.65. The van der Waals surface area contributed by atoms with Crippen LogP contribution in [0.25, 0.3) is 6.08 Å². The molecule has 1 aliphatic rings. The molecule has 8 heteroatoms. The van der Waals surface area contributed by atoms with Crippen LogP contribution in [0.2, 0.25) is 0 Å². The SMILES string of the molecule is COC(=O)C1C(C)=NC(C)=C(C(=O)OCC(C)(C)COCC(C)=Cc2ccc(Cc3cccnc3)cc2)C1c1cccc(F)c1. The summed E-state index contributed by atoms with van der Waals surface area (Å²) in [5.74, 6) is -3.31. The number of nitrogens with zero attached hydrogens (tertiary/aromatic N) is 2. The summed E-state index contributed by atoms with van der Waals surface area (Å²) in [4.78, 5) is 35.0. The molecule has 1 aromatic heterocycles. The second-order valence-electron chi connectivity index (χ2n) is 12.3. The highest BCUT2D eigenvalue weighted by Crippen LogP contribution is 2.40. The summed E-state index contributed by atoms with van der Waals surface area (Å²) in [5, 5.41) is 0. The van der Waals surface area contributed by atoms with Gasteiger partial charge in [-0.1, -0.05) is 62.4 Å². The number of ether oxygens (including phenoxy) is 3. The Morgan fingerprint density at radius 1 is 1.00 bits per heavy atom. The van der Waals surface area contributed by atoms with Gasteiger partial charge in [0.15, 0.2) is 0 Å². The summed E-state index contributed by atoms with van der Waals surface area (Å²) in [6, 6.07) is 18.3. The molecule has 0 saturated heterocycles. The summed E-state index contributed by atoms with van der Waals surface area (Å²) in [6.45, 7) is 10.2. The number of esters is 2. The summed E-state index contributed by atoms with van der Waals surface area (Å²) in [7, 11) is 1.28. The molecule has 1 aliphatic heterocycles. The first kappa shape index (κ1) is 33.5. The van der Waals surface area contributed by atoms with Gasteiger partial charge in [-0.2, -0.15) is 0 Å². The van der Waals surface area contributed by atoms with E-state index in [0.29, 0.717) is 30.2 Å². The van der Waals surface area contributed by atoms with Crippen LogP contribution in [0, 0.1) is 17.2 Å². The number of benzene rings is 2. The van der Waals surface area contributed by atoms with Crippen molar-refractivity contribution in [3.63, 3.8) is 0 Å². The van der Waals surface area contributed by atoms with E-state index in [-0.39, 0.29) is 12.2 Å². The maximum absolute atomic E-state index is 14.2. The minimum Gasteiger partial charge on any atom is -0.468 e. The Kier molecular flexibility index (Phi) is 11.2. The zero-order chi connectivity index (χ0) is 32.6. The van der Waals surface area contributed by atoms with E-state index in [1.54, 1.807) is 32.2 Å². The molecule has 2 aromatic carbocycles. The monoisotopic (exact) mass is 612 g/mol. The maximum Gasteiger partial charge on any atom is 0.336 e.